The molecule has 0 spiro atoms. The third-order valence-corrected chi connectivity index (χ3v) is 4.18. The number of hydrogen-bond donors (Lipinski definition) is 1. The lowest BCUT2D eigenvalue weighted by molar-refractivity contribution is -0.114. The van der Waals surface area contributed by atoms with Crippen LogP contribution in [0.15, 0.2) is 42.5 Å². The Labute approximate surface area is 141 Å². The van der Waals surface area contributed by atoms with Crippen LogP contribution in [-0.4, -0.2) is 25.0 Å². The van der Waals surface area contributed by atoms with Gasteiger partial charge in [-0.2, -0.15) is 0 Å². The largest absolute Gasteiger partial charge is 0.495 e. The van der Waals surface area contributed by atoms with Gasteiger partial charge in [0.05, 0.1) is 12.8 Å². The standard InChI is InChI=1S/C19H20N2O3/c1-12-10-14-6-4-5-7-17(14)21(12)19(23)15-8-9-18(24-3)16(11-15)20-13(2)22/h4-9,11-12H,10H2,1-3H3,(H,20,22). The lowest BCUT2D eigenvalue weighted by Gasteiger charge is -2.23. The van der Waals surface area contributed by atoms with Crippen LogP contribution in [0.2, 0.25) is 0 Å². The quantitative estimate of drug-likeness (QED) is 0.943. The fraction of sp³-hybridized carbons (Fsp3) is 0.263. The van der Waals surface area contributed by atoms with Crippen LogP contribution in [0.25, 0.3) is 0 Å². The van der Waals surface area contributed by atoms with Gasteiger partial charge in [0.2, 0.25) is 5.91 Å². The van der Waals surface area contributed by atoms with Gasteiger partial charge in [-0.15, -0.1) is 0 Å². The van der Waals surface area contributed by atoms with Crippen LogP contribution in [0.1, 0.15) is 29.8 Å². The molecule has 5 heteroatoms. The van der Waals surface area contributed by atoms with Crippen LogP contribution in [0.3, 0.4) is 0 Å². The number of nitrogens with zero attached hydrogens (tertiary/aromatic N) is 1. The van der Waals surface area contributed by atoms with Crippen molar-refractivity contribution in [2.45, 2.75) is 26.3 Å². The second kappa shape index (κ2) is 6.35. The number of hydrogen-bond acceptors (Lipinski definition) is 3. The first kappa shape index (κ1) is 16.1. The van der Waals surface area contributed by atoms with Crippen molar-refractivity contribution in [3.8, 4) is 5.75 Å². The van der Waals surface area contributed by atoms with Gasteiger partial charge in [-0.3, -0.25) is 9.59 Å². The summed E-state index contributed by atoms with van der Waals surface area (Å²) in [5, 5.41) is 2.71. The summed E-state index contributed by atoms with van der Waals surface area (Å²) < 4.78 is 5.24. The van der Waals surface area contributed by atoms with Crippen LogP contribution in [-0.2, 0) is 11.2 Å². The van der Waals surface area contributed by atoms with Crippen LogP contribution in [0, 0.1) is 0 Å². The molecule has 124 valence electrons. The van der Waals surface area contributed by atoms with Gasteiger partial charge in [-0.25, -0.2) is 0 Å². The molecule has 0 saturated carbocycles. The number of carbonyl (C=O) groups is 2. The van der Waals surface area contributed by atoms with E-state index in [2.05, 4.69) is 11.4 Å². The van der Waals surface area contributed by atoms with Crippen LogP contribution >= 0.6 is 0 Å². The molecule has 0 aromatic heterocycles. The zero-order valence-electron chi connectivity index (χ0n) is 14.0. The van der Waals surface area contributed by atoms with Crippen LogP contribution in [0.4, 0.5) is 11.4 Å². The first-order valence-corrected chi connectivity index (χ1v) is 7.88. The van der Waals surface area contributed by atoms with E-state index in [9.17, 15) is 9.59 Å². The zero-order chi connectivity index (χ0) is 17.3. The van der Waals surface area contributed by atoms with Crippen molar-refractivity contribution in [1.82, 2.24) is 0 Å². The molecular weight excluding hydrogens is 304 g/mol. The third kappa shape index (κ3) is 2.85. The molecule has 0 aliphatic carbocycles. The number of para-hydroxylation sites is 1. The van der Waals surface area contributed by atoms with E-state index in [4.69, 9.17) is 4.74 Å². The Bertz CT molecular complexity index is 801. The van der Waals surface area contributed by atoms with Gasteiger partial charge in [0.25, 0.3) is 5.91 Å². The molecule has 1 atom stereocenters. The van der Waals surface area contributed by atoms with Gasteiger partial charge in [0.15, 0.2) is 0 Å². The van der Waals surface area contributed by atoms with Gasteiger partial charge in [0, 0.05) is 24.2 Å². The Morgan fingerprint density at radius 2 is 1.96 bits per heavy atom. The van der Waals surface area contributed by atoms with E-state index in [0.29, 0.717) is 17.0 Å². The van der Waals surface area contributed by atoms with E-state index in [0.717, 1.165) is 12.1 Å². The highest BCUT2D eigenvalue weighted by Crippen LogP contribution is 2.34. The van der Waals surface area contributed by atoms with E-state index in [1.165, 1.54) is 19.6 Å². The van der Waals surface area contributed by atoms with Crippen molar-refractivity contribution in [2.24, 2.45) is 0 Å². The smallest absolute Gasteiger partial charge is 0.258 e. The average Bonchev–Trinajstić information content (AvgIpc) is 2.89. The highest BCUT2D eigenvalue weighted by atomic mass is 16.5. The molecule has 1 heterocycles. The van der Waals surface area contributed by atoms with Crippen molar-refractivity contribution < 1.29 is 14.3 Å². The second-order valence-electron chi connectivity index (χ2n) is 5.95. The van der Waals surface area contributed by atoms with Gasteiger partial charge in [-0.1, -0.05) is 18.2 Å². The Balaban J connectivity index is 1.97. The highest BCUT2D eigenvalue weighted by molar-refractivity contribution is 6.08. The molecule has 0 fully saturated rings. The summed E-state index contributed by atoms with van der Waals surface area (Å²) in [5.74, 6) is 0.233. The summed E-state index contributed by atoms with van der Waals surface area (Å²) in [6.45, 7) is 3.46. The fourth-order valence-electron chi connectivity index (χ4n) is 3.14. The molecule has 2 amide bonds. The van der Waals surface area contributed by atoms with Crippen molar-refractivity contribution in [2.75, 3.05) is 17.3 Å². The number of methoxy groups -OCH3 is 1. The Kier molecular flexibility index (Phi) is 4.25. The topological polar surface area (TPSA) is 58.6 Å². The first-order chi connectivity index (χ1) is 11.5. The number of nitrogens with one attached hydrogen (secondary N) is 1. The van der Waals surface area contributed by atoms with Crippen LogP contribution < -0.4 is 15.0 Å². The van der Waals surface area contributed by atoms with E-state index in [1.807, 2.05) is 30.0 Å². The number of amides is 2. The molecule has 5 nitrogen and oxygen atoms in total. The molecular formula is C19H20N2O3. The summed E-state index contributed by atoms with van der Waals surface area (Å²) >= 11 is 0. The van der Waals surface area contributed by atoms with E-state index in [1.54, 1.807) is 18.2 Å². The Morgan fingerprint density at radius 3 is 2.67 bits per heavy atom. The molecule has 1 aliphatic rings. The number of carbonyl (C=O) groups excluding carboxylic acids is 2. The van der Waals surface area contributed by atoms with Crippen molar-refractivity contribution >= 4 is 23.2 Å². The van der Waals surface area contributed by atoms with E-state index in [-0.39, 0.29) is 17.9 Å². The summed E-state index contributed by atoms with van der Waals surface area (Å²) in [6, 6.07) is 13.1. The SMILES string of the molecule is COc1ccc(C(=O)N2c3ccccc3CC2C)cc1NC(C)=O. The molecule has 24 heavy (non-hydrogen) atoms. The lowest BCUT2D eigenvalue weighted by Crippen LogP contribution is -2.35. The molecule has 1 aliphatic heterocycles. The minimum Gasteiger partial charge on any atom is -0.495 e. The van der Waals surface area contributed by atoms with E-state index >= 15 is 0 Å². The Hall–Kier alpha value is -2.82. The number of rotatable bonds is 3. The summed E-state index contributed by atoms with van der Waals surface area (Å²) in [6.07, 6.45) is 0.844. The first-order valence-electron chi connectivity index (χ1n) is 7.88. The predicted molar refractivity (Wildman–Crippen MR) is 93.7 cm³/mol. The fourth-order valence-corrected chi connectivity index (χ4v) is 3.14. The minimum atomic E-state index is -0.210. The maximum absolute atomic E-state index is 13.0. The molecule has 3 rings (SSSR count). The number of benzene rings is 2. The second-order valence-corrected chi connectivity index (χ2v) is 5.95. The number of ether oxygens (including phenoxy) is 1. The maximum Gasteiger partial charge on any atom is 0.258 e. The number of fused-ring (bicyclic) bond motifs is 1. The van der Waals surface area contributed by atoms with Gasteiger partial charge >= 0.3 is 0 Å². The number of anilines is 2. The molecule has 2 aromatic rings. The Morgan fingerprint density at radius 1 is 1.21 bits per heavy atom. The average molecular weight is 324 g/mol. The molecule has 0 bridgehead atoms. The minimum absolute atomic E-state index is 0.0818. The monoisotopic (exact) mass is 324 g/mol. The third-order valence-electron chi connectivity index (χ3n) is 4.18. The zero-order valence-corrected chi connectivity index (χ0v) is 14.0. The van der Waals surface area contributed by atoms with Crippen molar-refractivity contribution in [1.29, 1.82) is 0 Å². The van der Waals surface area contributed by atoms with Gasteiger partial charge < -0.3 is 15.0 Å². The predicted octanol–water partition coefficient (Wildman–Crippen LogP) is 3.25. The molecule has 1 unspecified atom stereocenters. The summed E-state index contributed by atoms with van der Waals surface area (Å²) in [4.78, 5) is 26.2. The van der Waals surface area contributed by atoms with Gasteiger partial charge in [0.1, 0.15) is 5.75 Å². The lowest BCUT2D eigenvalue weighted by atomic mass is 10.1. The van der Waals surface area contributed by atoms with Gasteiger partial charge in [-0.05, 0) is 43.2 Å². The van der Waals surface area contributed by atoms with Crippen molar-refractivity contribution in [3.63, 3.8) is 0 Å². The molecule has 0 radical (unpaired) electrons. The summed E-state index contributed by atoms with van der Waals surface area (Å²) in [5.41, 5.74) is 3.14. The molecule has 2 aromatic carbocycles. The highest BCUT2D eigenvalue weighted by Gasteiger charge is 2.31. The summed E-state index contributed by atoms with van der Waals surface area (Å²) in [7, 11) is 1.53. The van der Waals surface area contributed by atoms with E-state index < -0.39 is 0 Å². The molecule has 1 N–H and O–H groups in total. The van der Waals surface area contributed by atoms with Crippen molar-refractivity contribution in [3.05, 3.63) is 53.6 Å². The van der Waals surface area contributed by atoms with Crippen LogP contribution in [0.5, 0.6) is 5.75 Å². The molecule has 0 saturated heterocycles. The maximum atomic E-state index is 13.0. The normalized spacial score (nSPS) is 15.8.